The summed E-state index contributed by atoms with van der Waals surface area (Å²) in [5.74, 6) is -0.735. The van der Waals surface area contributed by atoms with Gasteiger partial charge < -0.3 is 9.52 Å². The summed E-state index contributed by atoms with van der Waals surface area (Å²) in [5.41, 5.74) is 4.82. The molecule has 4 N–H and O–H groups in total. The van der Waals surface area contributed by atoms with Crippen molar-refractivity contribution in [3.63, 3.8) is 0 Å². The molecule has 7 nitrogen and oxygen atoms in total. The zero-order valence-electron chi connectivity index (χ0n) is 13.9. The largest absolute Gasteiger partial charge is 0.507 e. The van der Waals surface area contributed by atoms with E-state index in [4.69, 9.17) is 16.6 Å². The van der Waals surface area contributed by atoms with Crippen LogP contribution in [0.4, 0.5) is 0 Å². The van der Waals surface area contributed by atoms with E-state index in [1.807, 2.05) is 24.3 Å². The lowest BCUT2D eigenvalue weighted by Crippen LogP contribution is -2.48. The van der Waals surface area contributed by atoms with Crippen LogP contribution in [0.2, 0.25) is 0 Å². The van der Waals surface area contributed by atoms with Gasteiger partial charge in [-0.25, -0.2) is 0 Å². The third kappa shape index (κ3) is 4.71. The number of benzene rings is 2. The molecule has 2 amide bonds. The van der Waals surface area contributed by atoms with Crippen LogP contribution in [-0.4, -0.2) is 22.0 Å². The second-order valence-corrected chi connectivity index (χ2v) is 5.87. The summed E-state index contributed by atoms with van der Waals surface area (Å²) in [6, 6.07) is 13.8. The molecule has 0 saturated heterocycles. The van der Waals surface area contributed by atoms with Crippen LogP contribution in [0.3, 0.4) is 0 Å². The lowest BCUT2D eigenvalue weighted by atomic mass is 10.1. The number of hydrogen-bond acceptors (Lipinski definition) is 5. The van der Waals surface area contributed by atoms with Gasteiger partial charge in [0.05, 0.1) is 11.8 Å². The maximum Gasteiger partial charge on any atom is 0.273 e. The zero-order valence-corrected chi connectivity index (χ0v) is 14.7. The lowest BCUT2D eigenvalue weighted by Gasteiger charge is -2.11. The van der Waals surface area contributed by atoms with E-state index < -0.39 is 11.8 Å². The van der Waals surface area contributed by atoms with Gasteiger partial charge in [0.1, 0.15) is 11.5 Å². The SMILES string of the molecule is O=C(C=Cc1ccco1)NC(=S)NNC(=O)c1cc2ccccc2cc1O. The van der Waals surface area contributed by atoms with Crippen LogP contribution in [0.1, 0.15) is 16.1 Å². The number of fused-ring (bicyclic) bond motifs is 1. The van der Waals surface area contributed by atoms with Gasteiger partial charge in [-0.1, -0.05) is 24.3 Å². The number of aromatic hydroxyl groups is 1. The molecule has 0 bridgehead atoms. The van der Waals surface area contributed by atoms with Crippen molar-refractivity contribution in [2.75, 3.05) is 0 Å². The first-order chi connectivity index (χ1) is 13.0. The van der Waals surface area contributed by atoms with E-state index in [9.17, 15) is 14.7 Å². The molecule has 0 fully saturated rings. The number of hydrazine groups is 1. The molecule has 0 atom stereocenters. The Labute approximate surface area is 159 Å². The van der Waals surface area contributed by atoms with Crippen LogP contribution < -0.4 is 16.2 Å². The van der Waals surface area contributed by atoms with Crippen molar-refractivity contribution in [1.82, 2.24) is 16.2 Å². The van der Waals surface area contributed by atoms with Crippen LogP contribution in [0.15, 0.2) is 65.3 Å². The summed E-state index contributed by atoms with van der Waals surface area (Å²) in [7, 11) is 0. The van der Waals surface area contributed by atoms with Gasteiger partial charge in [-0.3, -0.25) is 25.8 Å². The Bertz CT molecular complexity index is 1030. The molecule has 1 aromatic heterocycles. The molecule has 3 aromatic rings. The molecule has 8 heteroatoms. The molecular weight excluding hydrogens is 366 g/mol. The predicted molar refractivity (Wildman–Crippen MR) is 105 cm³/mol. The monoisotopic (exact) mass is 381 g/mol. The molecule has 136 valence electrons. The average Bonchev–Trinajstić information content (AvgIpc) is 3.17. The number of phenols is 1. The summed E-state index contributed by atoms with van der Waals surface area (Å²) in [5, 5.41) is 13.9. The van der Waals surface area contributed by atoms with Gasteiger partial charge >= 0.3 is 0 Å². The highest BCUT2D eigenvalue weighted by atomic mass is 32.1. The normalized spacial score (nSPS) is 10.7. The topological polar surface area (TPSA) is 104 Å². The zero-order chi connectivity index (χ0) is 19.2. The number of carbonyl (C=O) groups is 2. The Morgan fingerprint density at radius 3 is 2.48 bits per heavy atom. The quantitative estimate of drug-likeness (QED) is 0.316. The summed E-state index contributed by atoms with van der Waals surface area (Å²) in [4.78, 5) is 24.0. The first kappa shape index (κ1) is 18.2. The van der Waals surface area contributed by atoms with Gasteiger partial charge in [0.15, 0.2) is 5.11 Å². The Morgan fingerprint density at radius 1 is 1.04 bits per heavy atom. The fourth-order valence-corrected chi connectivity index (χ4v) is 2.47. The van der Waals surface area contributed by atoms with E-state index in [0.29, 0.717) is 5.76 Å². The van der Waals surface area contributed by atoms with Gasteiger partial charge in [0.25, 0.3) is 5.91 Å². The van der Waals surface area contributed by atoms with Crippen molar-refractivity contribution in [2.45, 2.75) is 0 Å². The second kappa shape index (κ2) is 8.15. The number of phenolic OH excluding ortho intramolecular Hbond substituents is 1. The third-order valence-corrected chi connectivity index (χ3v) is 3.78. The minimum Gasteiger partial charge on any atom is -0.507 e. The first-order valence-electron chi connectivity index (χ1n) is 7.87. The smallest absolute Gasteiger partial charge is 0.273 e. The van der Waals surface area contributed by atoms with Crippen LogP contribution in [-0.2, 0) is 4.79 Å². The molecule has 1 heterocycles. The molecule has 3 rings (SSSR count). The van der Waals surface area contributed by atoms with Gasteiger partial charge in [-0.15, -0.1) is 0 Å². The summed E-state index contributed by atoms with van der Waals surface area (Å²) in [6.07, 6.45) is 4.20. The standard InChI is InChI=1S/C19H15N3O4S/c23-16-11-13-5-2-1-4-12(13)10-15(16)18(25)21-22-19(27)20-17(24)8-7-14-6-3-9-26-14/h1-11,23H,(H,21,25)(H2,20,22,24,27). The van der Waals surface area contributed by atoms with E-state index in [1.54, 1.807) is 18.2 Å². The molecule has 0 aliphatic heterocycles. The Morgan fingerprint density at radius 2 is 1.78 bits per heavy atom. The molecule has 27 heavy (non-hydrogen) atoms. The maximum atomic E-state index is 12.2. The number of hydrogen-bond donors (Lipinski definition) is 4. The number of nitrogens with one attached hydrogen (secondary N) is 3. The van der Waals surface area contributed by atoms with Crippen molar-refractivity contribution in [1.29, 1.82) is 0 Å². The fourth-order valence-electron chi connectivity index (χ4n) is 2.32. The highest BCUT2D eigenvalue weighted by molar-refractivity contribution is 7.80. The number of carbonyl (C=O) groups excluding carboxylic acids is 2. The Hall–Kier alpha value is -3.65. The summed E-state index contributed by atoms with van der Waals surface area (Å²) >= 11 is 4.95. The first-order valence-corrected chi connectivity index (χ1v) is 8.28. The molecular formula is C19H15N3O4S. The van der Waals surface area contributed by atoms with E-state index in [0.717, 1.165) is 10.8 Å². The predicted octanol–water partition coefficient (Wildman–Crippen LogP) is 2.49. The molecule has 2 aromatic carbocycles. The third-order valence-electron chi connectivity index (χ3n) is 3.58. The second-order valence-electron chi connectivity index (χ2n) is 5.46. The highest BCUT2D eigenvalue weighted by Crippen LogP contribution is 2.24. The van der Waals surface area contributed by atoms with Crippen LogP contribution in [0.5, 0.6) is 5.75 Å². The molecule has 0 unspecified atom stereocenters. The average molecular weight is 381 g/mol. The molecule has 0 aliphatic rings. The van der Waals surface area contributed by atoms with Gasteiger partial charge in [-0.2, -0.15) is 0 Å². The Balaban J connectivity index is 1.56. The van der Waals surface area contributed by atoms with Crippen molar-refractivity contribution in [3.8, 4) is 5.75 Å². The van der Waals surface area contributed by atoms with E-state index in [-0.39, 0.29) is 16.4 Å². The minimum absolute atomic E-state index is 0.0769. The summed E-state index contributed by atoms with van der Waals surface area (Å²) < 4.78 is 5.06. The van der Waals surface area contributed by atoms with Gasteiger partial charge in [0, 0.05) is 6.08 Å². The fraction of sp³-hybridized carbons (Fsp3) is 0. The van der Waals surface area contributed by atoms with Gasteiger partial charge in [0.2, 0.25) is 5.91 Å². The van der Waals surface area contributed by atoms with Crippen LogP contribution >= 0.6 is 12.2 Å². The van der Waals surface area contributed by atoms with Crippen molar-refractivity contribution in [2.24, 2.45) is 0 Å². The van der Waals surface area contributed by atoms with Gasteiger partial charge in [-0.05, 0) is 53.3 Å². The van der Waals surface area contributed by atoms with E-state index in [2.05, 4.69) is 16.2 Å². The molecule has 0 spiro atoms. The molecule has 0 aliphatic carbocycles. The maximum absolute atomic E-state index is 12.2. The minimum atomic E-state index is -0.596. The highest BCUT2D eigenvalue weighted by Gasteiger charge is 2.13. The Kier molecular flexibility index (Phi) is 5.48. The van der Waals surface area contributed by atoms with Crippen molar-refractivity contribution < 1.29 is 19.1 Å². The van der Waals surface area contributed by atoms with Crippen molar-refractivity contribution >= 4 is 46.0 Å². The number of amides is 2. The molecule has 0 saturated carbocycles. The van der Waals surface area contributed by atoms with Crippen LogP contribution in [0, 0.1) is 0 Å². The van der Waals surface area contributed by atoms with Crippen LogP contribution in [0.25, 0.3) is 16.8 Å². The number of furan rings is 1. The number of rotatable bonds is 3. The summed E-state index contributed by atoms with van der Waals surface area (Å²) in [6.45, 7) is 0. The number of thiocarbonyl (C=S) groups is 1. The lowest BCUT2D eigenvalue weighted by molar-refractivity contribution is -0.115. The molecule has 0 radical (unpaired) electrons. The van der Waals surface area contributed by atoms with E-state index >= 15 is 0 Å². The van der Waals surface area contributed by atoms with E-state index in [1.165, 1.54) is 24.5 Å². The van der Waals surface area contributed by atoms with Crippen molar-refractivity contribution in [3.05, 3.63) is 72.2 Å².